The van der Waals surface area contributed by atoms with Crippen LogP contribution in [0.3, 0.4) is 0 Å². The first-order chi connectivity index (χ1) is 16.4. The number of aromatic nitrogens is 2. The van der Waals surface area contributed by atoms with E-state index in [1.165, 1.54) is 36.7 Å². The molecule has 176 valence electrons. The number of carbonyl (C=O) groups is 2. The van der Waals surface area contributed by atoms with Gasteiger partial charge in [-0.05, 0) is 61.5 Å². The van der Waals surface area contributed by atoms with Gasteiger partial charge < -0.3 is 15.0 Å². The summed E-state index contributed by atoms with van der Waals surface area (Å²) in [5.41, 5.74) is 1.13. The fourth-order valence-electron chi connectivity index (χ4n) is 3.51. The second kappa shape index (κ2) is 9.87. The van der Waals surface area contributed by atoms with Crippen LogP contribution in [0.5, 0.6) is 5.75 Å². The highest BCUT2D eigenvalue weighted by atomic mass is 32.2. The number of nitrogens with one attached hydrogen (secondary N) is 2. The lowest BCUT2D eigenvalue weighted by atomic mass is 10.1. The first-order valence-corrected chi connectivity index (χ1v) is 12.1. The Morgan fingerprint density at radius 1 is 1.09 bits per heavy atom. The van der Waals surface area contributed by atoms with Gasteiger partial charge >= 0.3 is 0 Å². The summed E-state index contributed by atoms with van der Waals surface area (Å²) in [6.07, 6.45) is 2.94. The van der Waals surface area contributed by atoms with E-state index >= 15 is 0 Å². The first-order valence-electron chi connectivity index (χ1n) is 10.6. The van der Waals surface area contributed by atoms with Crippen molar-refractivity contribution < 1.29 is 22.7 Å². The number of carbonyl (C=O) groups excluding carboxylic acids is 2. The first kappa shape index (κ1) is 23.2. The number of nitrogens with zero attached hydrogens (tertiary/aromatic N) is 3. The number of ether oxygens (including phenoxy) is 1. The summed E-state index contributed by atoms with van der Waals surface area (Å²) < 4.78 is 32.7. The highest BCUT2D eigenvalue weighted by molar-refractivity contribution is 7.92. The van der Waals surface area contributed by atoms with Gasteiger partial charge in [-0.15, -0.1) is 0 Å². The molecule has 1 aliphatic rings. The maximum Gasteiger partial charge on any atom is 0.264 e. The zero-order valence-electron chi connectivity index (χ0n) is 18.3. The van der Waals surface area contributed by atoms with E-state index in [0.29, 0.717) is 23.7 Å². The minimum absolute atomic E-state index is 0.00401. The molecule has 0 radical (unpaired) electrons. The molecular weight excluding hydrogens is 458 g/mol. The molecule has 1 atom stereocenters. The molecule has 1 saturated heterocycles. The Labute approximate surface area is 197 Å². The lowest BCUT2D eigenvalue weighted by Crippen LogP contribution is -2.28. The Morgan fingerprint density at radius 2 is 1.76 bits per heavy atom. The number of rotatable bonds is 8. The molecule has 2 amide bonds. The van der Waals surface area contributed by atoms with Crippen LogP contribution < -0.4 is 19.7 Å². The van der Waals surface area contributed by atoms with Gasteiger partial charge in [0, 0.05) is 36.7 Å². The van der Waals surface area contributed by atoms with Crippen LogP contribution in [0.1, 0.15) is 13.3 Å². The van der Waals surface area contributed by atoms with Crippen LogP contribution in [0, 0.1) is 5.92 Å². The van der Waals surface area contributed by atoms with Crippen LogP contribution >= 0.6 is 0 Å². The average molecular weight is 482 g/mol. The van der Waals surface area contributed by atoms with Crippen molar-refractivity contribution in [3.05, 3.63) is 67.0 Å². The quantitative estimate of drug-likeness (QED) is 0.506. The van der Waals surface area contributed by atoms with E-state index in [1.807, 2.05) is 6.92 Å². The average Bonchev–Trinajstić information content (AvgIpc) is 3.22. The minimum Gasteiger partial charge on any atom is -0.494 e. The smallest absolute Gasteiger partial charge is 0.264 e. The van der Waals surface area contributed by atoms with Crippen molar-refractivity contribution in [2.45, 2.75) is 18.2 Å². The molecule has 1 fully saturated rings. The van der Waals surface area contributed by atoms with E-state index in [9.17, 15) is 18.0 Å². The molecule has 0 aliphatic carbocycles. The molecule has 1 aromatic heterocycles. The van der Waals surface area contributed by atoms with E-state index in [1.54, 1.807) is 35.2 Å². The molecule has 0 unspecified atom stereocenters. The fourth-order valence-corrected chi connectivity index (χ4v) is 4.47. The summed E-state index contributed by atoms with van der Waals surface area (Å²) in [7, 11) is -3.87. The van der Waals surface area contributed by atoms with E-state index in [4.69, 9.17) is 4.74 Å². The zero-order chi connectivity index (χ0) is 24.1. The number of benzene rings is 2. The van der Waals surface area contributed by atoms with Crippen molar-refractivity contribution >= 4 is 39.2 Å². The Balaban J connectivity index is 1.37. The van der Waals surface area contributed by atoms with Crippen molar-refractivity contribution in [2.75, 3.05) is 28.1 Å². The third-order valence-electron chi connectivity index (χ3n) is 5.18. The summed E-state index contributed by atoms with van der Waals surface area (Å²) in [5, 5.41) is 2.75. The maximum absolute atomic E-state index is 12.7. The number of hydrogen-bond donors (Lipinski definition) is 2. The Morgan fingerprint density at radius 3 is 2.41 bits per heavy atom. The maximum atomic E-state index is 12.7. The van der Waals surface area contributed by atoms with Crippen LogP contribution in [0.25, 0.3) is 0 Å². The van der Waals surface area contributed by atoms with Gasteiger partial charge in [-0.3, -0.25) is 9.59 Å². The SMILES string of the molecule is CCOc1ccc(N2C[C@@H](C(=O)Nc3ccc(S(=O)(=O)Nc4ncccn4)cc3)CC2=O)cc1. The summed E-state index contributed by atoms with van der Waals surface area (Å²) in [5.74, 6) is -0.306. The van der Waals surface area contributed by atoms with Crippen molar-refractivity contribution in [3.63, 3.8) is 0 Å². The van der Waals surface area contributed by atoms with Gasteiger partial charge in [0.05, 0.1) is 17.4 Å². The minimum atomic E-state index is -3.87. The number of anilines is 3. The summed E-state index contributed by atoms with van der Waals surface area (Å²) >= 11 is 0. The summed E-state index contributed by atoms with van der Waals surface area (Å²) in [6, 6.07) is 14.4. The highest BCUT2D eigenvalue weighted by Gasteiger charge is 2.35. The molecule has 10 nitrogen and oxygen atoms in total. The second-order valence-electron chi connectivity index (χ2n) is 7.52. The second-order valence-corrected chi connectivity index (χ2v) is 9.21. The molecule has 1 aliphatic heterocycles. The number of sulfonamides is 1. The van der Waals surface area contributed by atoms with Crippen LogP contribution in [-0.4, -0.2) is 43.4 Å². The predicted octanol–water partition coefficient (Wildman–Crippen LogP) is 2.67. The lowest BCUT2D eigenvalue weighted by molar-refractivity contribution is -0.122. The van der Waals surface area contributed by atoms with Crippen LogP contribution in [-0.2, 0) is 19.6 Å². The molecule has 3 aromatic rings. The van der Waals surface area contributed by atoms with Crippen molar-refractivity contribution in [3.8, 4) is 5.75 Å². The monoisotopic (exact) mass is 481 g/mol. The van der Waals surface area contributed by atoms with Crippen molar-refractivity contribution in [1.29, 1.82) is 0 Å². The van der Waals surface area contributed by atoms with E-state index < -0.39 is 15.9 Å². The van der Waals surface area contributed by atoms with Gasteiger partial charge in [0.15, 0.2) is 0 Å². The van der Waals surface area contributed by atoms with Gasteiger partial charge in [0.2, 0.25) is 17.8 Å². The van der Waals surface area contributed by atoms with Crippen molar-refractivity contribution in [2.24, 2.45) is 5.92 Å². The largest absolute Gasteiger partial charge is 0.494 e. The van der Waals surface area contributed by atoms with Gasteiger partial charge in [0.1, 0.15) is 5.75 Å². The molecule has 4 rings (SSSR count). The Bertz CT molecular complexity index is 1270. The van der Waals surface area contributed by atoms with E-state index in [-0.39, 0.29) is 35.6 Å². The Hall–Kier alpha value is -3.99. The third-order valence-corrected chi connectivity index (χ3v) is 6.52. The molecule has 0 saturated carbocycles. The van der Waals surface area contributed by atoms with Gasteiger partial charge in [0.25, 0.3) is 10.0 Å². The molecule has 11 heteroatoms. The lowest BCUT2D eigenvalue weighted by Gasteiger charge is -2.17. The summed E-state index contributed by atoms with van der Waals surface area (Å²) in [4.78, 5) is 34.5. The predicted molar refractivity (Wildman–Crippen MR) is 126 cm³/mol. The standard InChI is InChI=1S/C23H23N5O5S/c1-2-33-19-8-6-18(7-9-19)28-15-16(14-21(28)29)22(30)26-17-4-10-20(11-5-17)34(31,32)27-23-24-12-3-13-25-23/h3-13,16H,2,14-15H2,1H3,(H,26,30)(H,24,25,27)/t16-/m0/s1. The summed E-state index contributed by atoms with van der Waals surface area (Å²) in [6.45, 7) is 2.70. The third kappa shape index (κ3) is 5.31. The molecule has 2 heterocycles. The molecular formula is C23H23N5O5S. The van der Waals surface area contributed by atoms with E-state index in [0.717, 1.165) is 0 Å². The van der Waals surface area contributed by atoms with Crippen molar-refractivity contribution in [1.82, 2.24) is 9.97 Å². The normalized spacial score (nSPS) is 15.7. The fraction of sp³-hybridized carbons (Fsp3) is 0.217. The van der Waals surface area contributed by atoms with Crippen LogP contribution in [0.15, 0.2) is 71.9 Å². The van der Waals surface area contributed by atoms with Gasteiger partial charge in [-0.25, -0.2) is 23.1 Å². The van der Waals surface area contributed by atoms with Crippen LogP contribution in [0.2, 0.25) is 0 Å². The number of hydrogen-bond acceptors (Lipinski definition) is 7. The zero-order valence-corrected chi connectivity index (χ0v) is 19.2. The van der Waals surface area contributed by atoms with Gasteiger partial charge in [-0.1, -0.05) is 0 Å². The van der Waals surface area contributed by atoms with Crippen LogP contribution in [0.4, 0.5) is 17.3 Å². The Kier molecular flexibility index (Phi) is 6.73. The molecule has 0 bridgehead atoms. The highest BCUT2D eigenvalue weighted by Crippen LogP contribution is 2.28. The number of amides is 2. The van der Waals surface area contributed by atoms with Gasteiger partial charge in [-0.2, -0.15) is 0 Å². The molecule has 2 aromatic carbocycles. The molecule has 0 spiro atoms. The molecule has 2 N–H and O–H groups in total. The van der Waals surface area contributed by atoms with E-state index in [2.05, 4.69) is 20.0 Å². The topological polar surface area (TPSA) is 131 Å². The molecule has 34 heavy (non-hydrogen) atoms.